The Morgan fingerprint density at radius 1 is 1.38 bits per heavy atom. The van der Waals surface area contributed by atoms with Gasteiger partial charge >= 0.3 is 0 Å². The summed E-state index contributed by atoms with van der Waals surface area (Å²) in [7, 11) is 0. The van der Waals surface area contributed by atoms with Crippen molar-refractivity contribution in [3.8, 4) is 0 Å². The molecule has 0 N–H and O–H groups in total. The van der Waals surface area contributed by atoms with E-state index in [2.05, 4.69) is 0 Å². The molecule has 0 bridgehead atoms. The Bertz CT molecular complexity index is 370. The molecule has 0 heterocycles. The van der Waals surface area contributed by atoms with Gasteiger partial charge in [-0.05, 0) is 24.1 Å². The zero-order valence-corrected chi connectivity index (χ0v) is 10.5. The molecular weight excluding hydrogens is 227 g/mol. The highest BCUT2D eigenvalue weighted by Crippen LogP contribution is 2.32. The summed E-state index contributed by atoms with van der Waals surface area (Å²) in [6.07, 6.45) is 0.732. The van der Waals surface area contributed by atoms with Crippen LogP contribution in [0.15, 0.2) is 24.3 Å². The third-order valence-corrected chi connectivity index (χ3v) is 3.39. The van der Waals surface area contributed by atoms with Crippen molar-refractivity contribution < 1.29 is 9.18 Å². The molecule has 0 aromatic heterocycles. The highest BCUT2D eigenvalue weighted by Gasteiger charge is 2.31. The zero-order valence-electron chi connectivity index (χ0n) is 9.76. The number of alkyl halides is 1. The molecule has 0 radical (unpaired) electrons. The van der Waals surface area contributed by atoms with E-state index in [1.807, 2.05) is 20.8 Å². The van der Waals surface area contributed by atoms with Gasteiger partial charge in [0.1, 0.15) is 11.2 Å². The predicted octanol–water partition coefficient (Wildman–Crippen LogP) is 4.11. The van der Waals surface area contributed by atoms with Crippen LogP contribution in [0.2, 0.25) is 0 Å². The molecule has 0 amide bonds. The van der Waals surface area contributed by atoms with E-state index in [9.17, 15) is 9.18 Å². The second kappa shape index (κ2) is 4.96. The van der Waals surface area contributed by atoms with Gasteiger partial charge in [-0.25, -0.2) is 4.39 Å². The fourth-order valence-electron chi connectivity index (χ4n) is 1.30. The van der Waals surface area contributed by atoms with Gasteiger partial charge in [-0.1, -0.05) is 32.9 Å². The fraction of sp³-hybridized carbons (Fsp3) is 0.462. The fourth-order valence-corrected chi connectivity index (χ4v) is 1.74. The molecule has 3 heteroatoms. The summed E-state index contributed by atoms with van der Waals surface area (Å²) in [5.41, 5.74) is 0.204. The lowest BCUT2D eigenvalue weighted by Crippen LogP contribution is -2.26. The van der Waals surface area contributed by atoms with Gasteiger partial charge in [0.2, 0.25) is 0 Å². The van der Waals surface area contributed by atoms with Gasteiger partial charge in [0.15, 0.2) is 5.78 Å². The number of carbonyl (C=O) groups is 1. The first kappa shape index (κ1) is 13.2. The van der Waals surface area contributed by atoms with Crippen molar-refractivity contribution in [2.75, 3.05) is 0 Å². The minimum atomic E-state index is -0.699. The first-order chi connectivity index (χ1) is 7.38. The summed E-state index contributed by atoms with van der Waals surface area (Å²) in [4.78, 5) is 12.1. The number of carbonyl (C=O) groups excluding carboxylic acids is 1. The molecular formula is C13H16ClFO. The highest BCUT2D eigenvalue weighted by molar-refractivity contribution is 6.31. The van der Waals surface area contributed by atoms with E-state index < -0.39 is 10.8 Å². The van der Waals surface area contributed by atoms with Gasteiger partial charge in [-0.3, -0.25) is 4.79 Å². The third kappa shape index (κ3) is 2.82. The van der Waals surface area contributed by atoms with Crippen molar-refractivity contribution in [3.05, 3.63) is 35.6 Å². The van der Waals surface area contributed by atoms with Crippen LogP contribution < -0.4 is 0 Å². The highest BCUT2D eigenvalue weighted by atomic mass is 35.5. The van der Waals surface area contributed by atoms with E-state index in [0.29, 0.717) is 5.56 Å². The molecule has 0 aliphatic carbocycles. The summed E-state index contributed by atoms with van der Waals surface area (Å²) < 4.78 is 12.7. The molecule has 16 heavy (non-hydrogen) atoms. The van der Waals surface area contributed by atoms with E-state index in [4.69, 9.17) is 11.6 Å². The van der Waals surface area contributed by atoms with Crippen LogP contribution >= 0.6 is 11.6 Å². The number of benzene rings is 1. The van der Waals surface area contributed by atoms with Gasteiger partial charge in [-0.15, -0.1) is 11.6 Å². The van der Waals surface area contributed by atoms with E-state index in [1.165, 1.54) is 12.1 Å². The van der Waals surface area contributed by atoms with Crippen LogP contribution in [0.4, 0.5) is 4.39 Å². The monoisotopic (exact) mass is 242 g/mol. The van der Waals surface area contributed by atoms with Crippen molar-refractivity contribution in [2.24, 2.45) is 5.41 Å². The summed E-state index contributed by atoms with van der Waals surface area (Å²) in [6.45, 7) is 5.69. The molecule has 0 spiro atoms. The lowest BCUT2D eigenvalue weighted by Gasteiger charge is -2.24. The van der Waals surface area contributed by atoms with Crippen molar-refractivity contribution in [1.82, 2.24) is 0 Å². The van der Waals surface area contributed by atoms with Gasteiger partial charge in [0, 0.05) is 5.41 Å². The van der Waals surface area contributed by atoms with Gasteiger partial charge in [-0.2, -0.15) is 0 Å². The molecule has 1 rings (SSSR count). The van der Waals surface area contributed by atoms with Crippen molar-refractivity contribution >= 4 is 17.4 Å². The smallest absolute Gasteiger partial charge is 0.160 e. The predicted molar refractivity (Wildman–Crippen MR) is 64.1 cm³/mol. The summed E-state index contributed by atoms with van der Waals surface area (Å²) in [5.74, 6) is -0.349. The average molecular weight is 243 g/mol. The molecule has 0 saturated heterocycles. The van der Waals surface area contributed by atoms with Crippen molar-refractivity contribution in [2.45, 2.75) is 32.6 Å². The number of hydrogen-bond donors (Lipinski definition) is 0. The average Bonchev–Trinajstić information content (AvgIpc) is 2.28. The molecule has 0 fully saturated rings. The summed E-state index contributed by atoms with van der Waals surface area (Å²) in [5, 5.41) is -0.699. The normalized spacial score (nSPS) is 13.6. The van der Waals surface area contributed by atoms with Crippen LogP contribution in [-0.2, 0) is 4.79 Å². The van der Waals surface area contributed by atoms with Crippen LogP contribution in [0.5, 0.6) is 0 Å². The molecule has 0 aliphatic heterocycles. The Hall–Kier alpha value is -0.890. The minimum Gasteiger partial charge on any atom is -0.297 e. The third-order valence-electron chi connectivity index (χ3n) is 2.94. The first-order valence-corrected chi connectivity index (χ1v) is 5.76. The number of rotatable bonds is 4. The van der Waals surface area contributed by atoms with Gasteiger partial charge < -0.3 is 0 Å². The van der Waals surface area contributed by atoms with Crippen molar-refractivity contribution in [3.63, 3.8) is 0 Å². The maximum atomic E-state index is 12.7. The lowest BCUT2D eigenvalue weighted by atomic mass is 9.82. The first-order valence-electron chi connectivity index (χ1n) is 5.32. The SMILES string of the molecule is CCC(C)(C)C(=O)C(Cl)c1ccc(F)cc1. The van der Waals surface area contributed by atoms with Crippen LogP contribution in [-0.4, -0.2) is 5.78 Å². The minimum absolute atomic E-state index is 0.0247. The second-order valence-corrected chi connectivity index (χ2v) is 4.95. The summed E-state index contributed by atoms with van der Waals surface area (Å²) >= 11 is 6.10. The molecule has 1 aromatic rings. The molecule has 0 aliphatic rings. The lowest BCUT2D eigenvalue weighted by molar-refractivity contribution is -0.127. The number of hydrogen-bond acceptors (Lipinski definition) is 1. The molecule has 1 aromatic carbocycles. The van der Waals surface area contributed by atoms with Gasteiger partial charge in [0.25, 0.3) is 0 Å². The van der Waals surface area contributed by atoms with E-state index >= 15 is 0 Å². The van der Waals surface area contributed by atoms with E-state index in [-0.39, 0.29) is 11.6 Å². The Balaban J connectivity index is 2.90. The van der Waals surface area contributed by atoms with Crippen LogP contribution in [0.25, 0.3) is 0 Å². The number of Topliss-reactive ketones (excluding diaryl/α,β-unsaturated/α-hetero) is 1. The topological polar surface area (TPSA) is 17.1 Å². The number of halogens is 2. The van der Waals surface area contributed by atoms with Gasteiger partial charge in [0.05, 0.1) is 0 Å². The van der Waals surface area contributed by atoms with Crippen LogP contribution in [0.1, 0.15) is 38.1 Å². The van der Waals surface area contributed by atoms with Crippen LogP contribution in [0.3, 0.4) is 0 Å². The maximum absolute atomic E-state index is 12.7. The van der Waals surface area contributed by atoms with E-state index in [1.54, 1.807) is 12.1 Å². The largest absolute Gasteiger partial charge is 0.297 e. The number of ketones is 1. The molecule has 1 unspecified atom stereocenters. The molecule has 1 nitrogen and oxygen atoms in total. The second-order valence-electron chi connectivity index (χ2n) is 4.52. The molecule has 0 saturated carbocycles. The molecule has 88 valence electrons. The Kier molecular flexibility index (Phi) is 4.09. The maximum Gasteiger partial charge on any atom is 0.160 e. The zero-order chi connectivity index (χ0) is 12.3. The standard InChI is InChI=1S/C13H16ClFO/c1-4-13(2,3)12(16)11(14)9-5-7-10(15)8-6-9/h5-8,11H,4H2,1-3H3. The van der Waals surface area contributed by atoms with E-state index in [0.717, 1.165) is 6.42 Å². The summed E-state index contributed by atoms with van der Waals surface area (Å²) in [6, 6.07) is 5.74. The van der Waals surface area contributed by atoms with Crippen LogP contribution in [0, 0.1) is 11.2 Å². The van der Waals surface area contributed by atoms with Crippen molar-refractivity contribution in [1.29, 1.82) is 0 Å². The Labute approximate surface area is 101 Å². The molecule has 1 atom stereocenters. The Morgan fingerprint density at radius 2 is 1.88 bits per heavy atom. The quantitative estimate of drug-likeness (QED) is 0.727. The Morgan fingerprint density at radius 3 is 2.31 bits per heavy atom.